The summed E-state index contributed by atoms with van der Waals surface area (Å²) in [7, 11) is 0. The number of hydrogen-bond donors (Lipinski definition) is 2. The third kappa shape index (κ3) is 2.22. The Kier molecular flexibility index (Phi) is 3.27. The maximum atomic E-state index is 12.8. The van der Waals surface area contributed by atoms with Crippen molar-refractivity contribution in [3.05, 3.63) is 29.3 Å². The van der Waals surface area contributed by atoms with Crippen LogP contribution in [0.1, 0.15) is 31.4 Å². The molecule has 0 saturated carbocycles. The first kappa shape index (κ1) is 13.8. The van der Waals surface area contributed by atoms with Crippen molar-refractivity contribution < 1.29 is 9.59 Å². The van der Waals surface area contributed by atoms with Crippen LogP contribution in [-0.2, 0) is 22.4 Å². The number of aryl methyl sites for hydroxylation is 1. The van der Waals surface area contributed by atoms with E-state index in [2.05, 4.69) is 5.32 Å². The van der Waals surface area contributed by atoms with E-state index in [1.165, 1.54) is 6.92 Å². The first-order valence-corrected chi connectivity index (χ1v) is 7.25. The minimum Gasteiger partial charge on any atom is -0.345 e. The second-order valence-electron chi connectivity index (χ2n) is 5.83. The van der Waals surface area contributed by atoms with Gasteiger partial charge < -0.3 is 15.6 Å². The van der Waals surface area contributed by atoms with Gasteiger partial charge in [-0.3, -0.25) is 9.59 Å². The van der Waals surface area contributed by atoms with Crippen molar-refractivity contribution in [3.8, 4) is 0 Å². The van der Waals surface area contributed by atoms with Gasteiger partial charge in [0.15, 0.2) is 0 Å². The molecule has 2 aliphatic heterocycles. The van der Waals surface area contributed by atoms with Gasteiger partial charge in [0.05, 0.1) is 11.7 Å². The van der Waals surface area contributed by atoms with Crippen molar-refractivity contribution in [2.75, 3.05) is 4.90 Å². The van der Waals surface area contributed by atoms with Crippen molar-refractivity contribution in [3.63, 3.8) is 0 Å². The van der Waals surface area contributed by atoms with E-state index in [1.54, 1.807) is 11.8 Å². The van der Waals surface area contributed by atoms with Crippen LogP contribution in [0.15, 0.2) is 18.2 Å². The third-order valence-electron chi connectivity index (χ3n) is 4.28. The Labute approximate surface area is 123 Å². The number of amides is 2. The fraction of sp³-hybridized carbons (Fsp3) is 0.438. The van der Waals surface area contributed by atoms with E-state index in [0.29, 0.717) is 18.6 Å². The van der Waals surface area contributed by atoms with E-state index < -0.39 is 6.04 Å². The molecule has 2 aliphatic rings. The van der Waals surface area contributed by atoms with Crippen LogP contribution in [0.3, 0.4) is 0 Å². The van der Waals surface area contributed by atoms with Crippen LogP contribution < -0.4 is 10.2 Å². The number of para-hydroxylation sites is 1. The Hall–Kier alpha value is -2.17. The van der Waals surface area contributed by atoms with Gasteiger partial charge in [0.25, 0.3) is 0 Å². The number of carbonyl (C=O) groups is 2. The first-order chi connectivity index (χ1) is 9.99. The van der Waals surface area contributed by atoms with Gasteiger partial charge in [-0.15, -0.1) is 0 Å². The van der Waals surface area contributed by atoms with Gasteiger partial charge in [-0.2, -0.15) is 0 Å². The minimum atomic E-state index is -0.498. The number of rotatable bonds is 2. The number of hydrogen-bond acceptors (Lipinski definition) is 3. The summed E-state index contributed by atoms with van der Waals surface area (Å²) in [6.45, 7) is 3.17. The van der Waals surface area contributed by atoms with E-state index in [0.717, 1.165) is 23.2 Å². The normalized spacial score (nSPS) is 23.5. The summed E-state index contributed by atoms with van der Waals surface area (Å²) in [4.78, 5) is 25.9. The van der Waals surface area contributed by atoms with Gasteiger partial charge in [-0.25, -0.2) is 0 Å². The molecule has 110 valence electrons. The first-order valence-electron chi connectivity index (χ1n) is 7.25. The molecule has 3 rings (SSSR count). The summed E-state index contributed by atoms with van der Waals surface area (Å²) in [6.07, 6.45) is 2.06. The zero-order valence-electron chi connectivity index (χ0n) is 12.3. The Morgan fingerprint density at radius 2 is 2.05 bits per heavy atom. The molecule has 2 unspecified atom stereocenters. The van der Waals surface area contributed by atoms with Crippen LogP contribution in [0.5, 0.6) is 0 Å². The molecule has 0 aromatic heterocycles. The maximum absolute atomic E-state index is 12.8. The fourth-order valence-corrected chi connectivity index (χ4v) is 3.36. The zero-order chi connectivity index (χ0) is 15.1. The average Bonchev–Trinajstić information content (AvgIpc) is 2.76. The number of anilines is 1. The molecule has 0 spiro atoms. The van der Waals surface area contributed by atoms with Crippen molar-refractivity contribution in [1.29, 1.82) is 5.41 Å². The highest BCUT2D eigenvalue weighted by atomic mass is 16.2. The second-order valence-corrected chi connectivity index (χ2v) is 5.83. The van der Waals surface area contributed by atoms with Crippen LogP contribution in [0, 0.1) is 5.41 Å². The predicted molar refractivity (Wildman–Crippen MR) is 80.7 cm³/mol. The van der Waals surface area contributed by atoms with Crippen LogP contribution >= 0.6 is 0 Å². The molecule has 5 heteroatoms. The molecule has 2 atom stereocenters. The lowest BCUT2D eigenvalue weighted by Crippen LogP contribution is -2.51. The molecule has 1 aromatic rings. The lowest BCUT2D eigenvalue weighted by Gasteiger charge is -2.27. The predicted octanol–water partition coefficient (Wildman–Crippen LogP) is 1.43. The molecule has 0 aliphatic carbocycles. The van der Waals surface area contributed by atoms with E-state index in [4.69, 9.17) is 5.41 Å². The summed E-state index contributed by atoms with van der Waals surface area (Å²) in [5.74, 6) is -0.285. The summed E-state index contributed by atoms with van der Waals surface area (Å²) in [5, 5.41) is 10.7. The molecule has 2 N–H and O–H groups in total. The van der Waals surface area contributed by atoms with E-state index in [1.807, 2.05) is 18.2 Å². The van der Waals surface area contributed by atoms with Gasteiger partial charge in [0.2, 0.25) is 11.8 Å². The summed E-state index contributed by atoms with van der Waals surface area (Å²) >= 11 is 0. The maximum Gasteiger partial charge on any atom is 0.250 e. The summed E-state index contributed by atoms with van der Waals surface area (Å²) in [5.41, 5.74) is 3.71. The van der Waals surface area contributed by atoms with Gasteiger partial charge in [0.1, 0.15) is 6.04 Å². The second kappa shape index (κ2) is 4.98. The van der Waals surface area contributed by atoms with Crippen LogP contribution in [-0.4, -0.2) is 29.6 Å². The number of nitrogens with zero attached hydrogens (tertiary/aromatic N) is 1. The lowest BCUT2D eigenvalue weighted by atomic mass is 10.0. The molecule has 0 fully saturated rings. The highest BCUT2D eigenvalue weighted by Crippen LogP contribution is 2.39. The molecule has 1 aromatic carbocycles. The van der Waals surface area contributed by atoms with Crippen molar-refractivity contribution in [2.24, 2.45) is 0 Å². The van der Waals surface area contributed by atoms with E-state index in [9.17, 15) is 9.59 Å². The fourth-order valence-electron chi connectivity index (χ4n) is 3.36. The zero-order valence-corrected chi connectivity index (χ0v) is 12.3. The topological polar surface area (TPSA) is 73.3 Å². The van der Waals surface area contributed by atoms with E-state index in [-0.39, 0.29) is 17.9 Å². The molecule has 0 radical (unpaired) electrons. The largest absolute Gasteiger partial charge is 0.345 e. The van der Waals surface area contributed by atoms with Crippen LogP contribution in [0.25, 0.3) is 0 Å². The van der Waals surface area contributed by atoms with Gasteiger partial charge in [-0.1, -0.05) is 18.2 Å². The highest BCUT2D eigenvalue weighted by molar-refractivity contribution is 6.08. The Morgan fingerprint density at radius 3 is 2.71 bits per heavy atom. The Bertz CT molecular complexity index is 638. The third-order valence-corrected chi connectivity index (χ3v) is 4.28. The summed E-state index contributed by atoms with van der Waals surface area (Å²) < 4.78 is 0. The molecule has 0 saturated heterocycles. The molecule has 2 amide bonds. The van der Waals surface area contributed by atoms with Crippen LogP contribution in [0.4, 0.5) is 5.69 Å². The molecule has 5 nitrogen and oxygen atoms in total. The van der Waals surface area contributed by atoms with E-state index >= 15 is 0 Å². The molecule has 0 bridgehead atoms. The van der Waals surface area contributed by atoms with Crippen LogP contribution in [0.2, 0.25) is 0 Å². The van der Waals surface area contributed by atoms with Gasteiger partial charge in [-0.05, 0) is 30.9 Å². The number of benzene rings is 1. The lowest BCUT2D eigenvalue weighted by molar-refractivity contribution is -0.126. The van der Waals surface area contributed by atoms with Gasteiger partial charge in [0, 0.05) is 19.1 Å². The van der Waals surface area contributed by atoms with Crippen molar-refractivity contribution in [2.45, 2.75) is 45.2 Å². The van der Waals surface area contributed by atoms with Crippen molar-refractivity contribution in [1.82, 2.24) is 5.32 Å². The Balaban J connectivity index is 2.06. The molecular formula is C16H19N3O2. The molecule has 21 heavy (non-hydrogen) atoms. The smallest absolute Gasteiger partial charge is 0.250 e. The van der Waals surface area contributed by atoms with Crippen molar-refractivity contribution >= 4 is 23.2 Å². The Morgan fingerprint density at radius 1 is 1.33 bits per heavy atom. The average molecular weight is 285 g/mol. The minimum absolute atomic E-state index is 0.0921. The SMILES string of the molecule is CC(=N)C1Cc2cccc3c2N1C(=O)C(NC(C)=O)CC3. The van der Waals surface area contributed by atoms with Gasteiger partial charge >= 0.3 is 0 Å². The molecule has 2 heterocycles. The number of carbonyl (C=O) groups excluding carboxylic acids is 2. The molecular weight excluding hydrogens is 266 g/mol. The standard InChI is InChI=1S/C16H19N3O2/c1-9(17)14-8-12-5-3-4-11-6-7-13(18-10(2)20)16(21)19(14)15(11)12/h3-5,13-14,17H,6-8H2,1-2H3,(H,18,20). The number of nitrogens with one attached hydrogen (secondary N) is 2. The monoisotopic (exact) mass is 285 g/mol. The highest BCUT2D eigenvalue weighted by Gasteiger charge is 2.41. The quantitative estimate of drug-likeness (QED) is 0.807. The summed E-state index contributed by atoms with van der Waals surface area (Å²) in [6, 6.07) is 5.36.